The van der Waals surface area contributed by atoms with Crippen LogP contribution in [-0.2, 0) is 0 Å². The summed E-state index contributed by atoms with van der Waals surface area (Å²) in [6.07, 6.45) is 6.72. The van der Waals surface area contributed by atoms with Gasteiger partial charge in [0, 0.05) is 17.1 Å². The minimum Gasteiger partial charge on any atom is -0.228 e. The lowest BCUT2D eigenvalue weighted by molar-refractivity contribution is 0.258. The highest BCUT2D eigenvalue weighted by molar-refractivity contribution is 7.99. The molecule has 0 spiro atoms. The molecule has 19 heavy (non-hydrogen) atoms. The topological polar surface area (TPSA) is 25.8 Å². The van der Waals surface area contributed by atoms with Crippen molar-refractivity contribution in [2.75, 3.05) is 11.5 Å². The smallest absolute Gasteiger partial charge is 0.188 e. The van der Waals surface area contributed by atoms with Crippen molar-refractivity contribution in [3.05, 3.63) is 17.0 Å². The predicted octanol–water partition coefficient (Wildman–Crippen LogP) is 4.37. The van der Waals surface area contributed by atoms with E-state index in [1.54, 1.807) is 0 Å². The molecule has 1 aliphatic carbocycles. The molecular formula is C15H24N2S2. The summed E-state index contributed by atoms with van der Waals surface area (Å²) in [5.41, 5.74) is 3.84. The van der Waals surface area contributed by atoms with Crippen molar-refractivity contribution in [1.82, 2.24) is 9.97 Å². The van der Waals surface area contributed by atoms with Gasteiger partial charge in [0.25, 0.3) is 0 Å². The van der Waals surface area contributed by atoms with E-state index in [9.17, 15) is 0 Å². The minimum atomic E-state index is 0.405. The van der Waals surface area contributed by atoms with Gasteiger partial charge >= 0.3 is 0 Å². The van der Waals surface area contributed by atoms with Gasteiger partial charge in [0.1, 0.15) is 0 Å². The van der Waals surface area contributed by atoms with Gasteiger partial charge in [0.15, 0.2) is 5.16 Å². The molecule has 2 nitrogen and oxygen atoms in total. The van der Waals surface area contributed by atoms with Gasteiger partial charge in [-0.2, -0.15) is 12.6 Å². The zero-order valence-electron chi connectivity index (χ0n) is 12.2. The van der Waals surface area contributed by atoms with Gasteiger partial charge in [-0.25, -0.2) is 9.97 Å². The fraction of sp³-hybridized carbons (Fsp3) is 0.733. The molecule has 0 unspecified atom stereocenters. The van der Waals surface area contributed by atoms with Crippen LogP contribution >= 0.6 is 24.4 Å². The Hall–Kier alpha value is -0.220. The molecule has 1 saturated carbocycles. The van der Waals surface area contributed by atoms with Crippen LogP contribution in [0.15, 0.2) is 5.16 Å². The molecule has 1 heterocycles. The van der Waals surface area contributed by atoms with E-state index in [-0.39, 0.29) is 0 Å². The van der Waals surface area contributed by atoms with E-state index in [2.05, 4.69) is 43.4 Å². The number of thioether (sulfide) groups is 1. The van der Waals surface area contributed by atoms with Crippen LogP contribution in [-0.4, -0.2) is 21.5 Å². The molecule has 0 saturated heterocycles. The van der Waals surface area contributed by atoms with Gasteiger partial charge in [-0.05, 0) is 50.3 Å². The summed E-state index contributed by atoms with van der Waals surface area (Å²) in [5, 5.41) is 0.937. The average molecular weight is 297 g/mol. The van der Waals surface area contributed by atoms with Crippen LogP contribution in [0, 0.1) is 26.2 Å². The second-order valence-corrected chi connectivity index (χ2v) is 7.07. The third-order valence-corrected chi connectivity index (χ3v) is 6.24. The molecule has 4 heteroatoms. The van der Waals surface area contributed by atoms with Crippen LogP contribution in [0.2, 0.25) is 0 Å². The van der Waals surface area contributed by atoms with E-state index < -0.39 is 0 Å². The first-order valence-corrected chi connectivity index (χ1v) is 8.74. The van der Waals surface area contributed by atoms with E-state index in [0.29, 0.717) is 5.41 Å². The molecule has 1 aromatic heterocycles. The molecule has 2 rings (SSSR count). The SMILES string of the molecule is Cc1nc(SCC2(CS)CCCCC2)nc(C)c1C. The number of nitrogens with zero attached hydrogens (tertiary/aromatic N) is 2. The fourth-order valence-corrected chi connectivity index (χ4v) is 4.48. The highest BCUT2D eigenvalue weighted by atomic mass is 32.2. The van der Waals surface area contributed by atoms with Crippen molar-refractivity contribution in [1.29, 1.82) is 0 Å². The van der Waals surface area contributed by atoms with Gasteiger partial charge in [-0.3, -0.25) is 0 Å². The van der Waals surface area contributed by atoms with Gasteiger partial charge in [-0.1, -0.05) is 31.0 Å². The molecule has 1 aliphatic rings. The normalized spacial score (nSPS) is 18.5. The first-order chi connectivity index (χ1) is 9.06. The molecule has 0 atom stereocenters. The monoisotopic (exact) mass is 296 g/mol. The van der Waals surface area contributed by atoms with Crippen LogP contribution in [0.1, 0.15) is 49.1 Å². The second kappa shape index (κ2) is 6.49. The highest BCUT2D eigenvalue weighted by Crippen LogP contribution is 2.41. The summed E-state index contributed by atoms with van der Waals surface area (Å²) in [7, 11) is 0. The highest BCUT2D eigenvalue weighted by Gasteiger charge is 2.31. The van der Waals surface area contributed by atoms with E-state index in [1.165, 1.54) is 37.7 Å². The summed E-state index contributed by atoms with van der Waals surface area (Å²) in [4.78, 5) is 9.22. The third-order valence-electron chi connectivity index (χ3n) is 4.37. The van der Waals surface area contributed by atoms with E-state index in [0.717, 1.165) is 28.0 Å². The lowest BCUT2D eigenvalue weighted by Gasteiger charge is -2.35. The molecule has 0 aliphatic heterocycles. The zero-order chi connectivity index (χ0) is 13.9. The minimum absolute atomic E-state index is 0.405. The van der Waals surface area contributed by atoms with Crippen LogP contribution in [0.5, 0.6) is 0 Å². The van der Waals surface area contributed by atoms with Crippen molar-refractivity contribution >= 4 is 24.4 Å². The first kappa shape index (κ1) is 15.2. The number of hydrogen-bond acceptors (Lipinski definition) is 4. The molecule has 1 fully saturated rings. The first-order valence-electron chi connectivity index (χ1n) is 7.12. The van der Waals surface area contributed by atoms with Gasteiger partial charge in [-0.15, -0.1) is 0 Å². The predicted molar refractivity (Wildman–Crippen MR) is 86.3 cm³/mol. The Morgan fingerprint density at radius 3 is 2.16 bits per heavy atom. The maximum absolute atomic E-state index is 4.61. The third kappa shape index (κ3) is 3.66. The Labute approximate surface area is 126 Å². The molecule has 0 bridgehead atoms. The van der Waals surface area contributed by atoms with Crippen LogP contribution in [0.3, 0.4) is 0 Å². The maximum Gasteiger partial charge on any atom is 0.188 e. The summed E-state index contributed by atoms with van der Waals surface area (Å²) in [5.74, 6) is 2.10. The molecule has 0 N–H and O–H groups in total. The Morgan fingerprint density at radius 2 is 1.63 bits per heavy atom. The van der Waals surface area contributed by atoms with E-state index in [4.69, 9.17) is 0 Å². The van der Waals surface area contributed by atoms with Crippen LogP contribution < -0.4 is 0 Å². The standard InChI is InChI=1S/C15H24N2S2/c1-11-12(2)16-14(17-13(11)3)19-10-15(9-18)7-5-4-6-8-15/h18H,4-10H2,1-3H3. The van der Waals surface area contributed by atoms with Gasteiger partial charge < -0.3 is 0 Å². The zero-order valence-corrected chi connectivity index (χ0v) is 13.9. The Morgan fingerprint density at radius 1 is 1.05 bits per heavy atom. The van der Waals surface area contributed by atoms with Crippen LogP contribution in [0.4, 0.5) is 0 Å². The summed E-state index contributed by atoms with van der Waals surface area (Å²) < 4.78 is 0. The lowest BCUT2D eigenvalue weighted by Crippen LogP contribution is -2.29. The number of aromatic nitrogens is 2. The number of hydrogen-bond donors (Lipinski definition) is 1. The number of thiol groups is 1. The molecule has 1 aromatic rings. The quantitative estimate of drug-likeness (QED) is 0.507. The number of rotatable bonds is 4. The van der Waals surface area contributed by atoms with Crippen molar-refractivity contribution in [3.8, 4) is 0 Å². The second-order valence-electron chi connectivity index (χ2n) is 5.81. The summed E-state index contributed by atoms with van der Waals surface area (Å²) in [6.45, 7) is 6.24. The molecular weight excluding hydrogens is 272 g/mol. The Bertz CT molecular complexity index is 417. The molecule has 106 valence electrons. The van der Waals surface area contributed by atoms with Crippen LogP contribution in [0.25, 0.3) is 0 Å². The Kier molecular flexibility index (Phi) is 5.18. The van der Waals surface area contributed by atoms with Crippen molar-refractivity contribution in [2.24, 2.45) is 5.41 Å². The Balaban J connectivity index is 2.05. The van der Waals surface area contributed by atoms with Crippen molar-refractivity contribution in [3.63, 3.8) is 0 Å². The largest absolute Gasteiger partial charge is 0.228 e. The van der Waals surface area contributed by atoms with E-state index in [1.807, 2.05) is 11.8 Å². The lowest BCUT2D eigenvalue weighted by atomic mass is 9.77. The molecule has 0 amide bonds. The van der Waals surface area contributed by atoms with Crippen molar-refractivity contribution < 1.29 is 0 Å². The van der Waals surface area contributed by atoms with Gasteiger partial charge in [0.2, 0.25) is 0 Å². The molecule has 0 aromatic carbocycles. The number of aryl methyl sites for hydroxylation is 2. The fourth-order valence-electron chi connectivity index (χ4n) is 2.67. The van der Waals surface area contributed by atoms with Crippen molar-refractivity contribution in [2.45, 2.75) is 58.0 Å². The molecule has 0 radical (unpaired) electrons. The maximum atomic E-state index is 4.61. The summed E-state index contributed by atoms with van der Waals surface area (Å²) in [6, 6.07) is 0. The average Bonchev–Trinajstić information content (AvgIpc) is 2.43. The summed E-state index contributed by atoms with van der Waals surface area (Å²) >= 11 is 6.41. The van der Waals surface area contributed by atoms with E-state index >= 15 is 0 Å². The van der Waals surface area contributed by atoms with Gasteiger partial charge in [0.05, 0.1) is 0 Å².